The van der Waals surface area contributed by atoms with E-state index in [-0.39, 0.29) is 12.5 Å². The van der Waals surface area contributed by atoms with Crippen molar-refractivity contribution in [1.82, 2.24) is 5.32 Å². The number of amides is 1. The highest BCUT2D eigenvalue weighted by molar-refractivity contribution is 5.79. The zero-order chi connectivity index (χ0) is 15.6. The first kappa shape index (κ1) is 15.8. The number of hydrogen-bond donors (Lipinski definition) is 1. The number of hydrogen-bond acceptors (Lipinski definition) is 3. The highest BCUT2D eigenvalue weighted by Crippen LogP contribution is 2.03. The van der Waals surface area contributed by atoms with E-state index in [1.165, 1.54) is 5.56 Å². The third kappa shape index (κ3) is 5.40. The summed E-state index contributed by atoms with van der Waals surface area (Å²) in [6, 6.07) is 17.8. The number of carbonyl (C=O) groups excluding carboxylic acids is 1. The van der Waals surface area contributed by atoms with Gasteiger partial charge in [-0.15, -0.1) is 0 Å². The summed E-state index contributed by atoms with van der Waals surface area (Å²) < 4.78 is 0. The van der Waals surface area contributed by atoms with Crippen LogP contribution in [0.5, 0.6) is 0 Å². The van der Waals surface area contributed by atoms with E-state index in [2.05, 4.69) is 17.4 Å². The van der Waals surface area contributed by atoms with Crippen LogP contribution < -0.4 is 5.32 Å². The van der Waals surface area contributed by atoms with Crippen LogP contribution >= 0.6 is 0 Å². The maximum atomic E-state index is 11.6. The molecule has 0 aliphatic heterocycles. The Balaban J connectivity index is 1.68. The second-order valence-corrected chi connectivity index (χ2v) is 4.87. The van der Waals surface area contributed by atoms with E-state index in [4.69, 9.17) is 4.84 Å². The van der Waals surface area contributed by atoms with Gasteiger partial charge in [0.25, 0.3) is 5.91 Å². The lowest BCUT2D eigenvalue weighted by atomic mass is 10.1. The summed E-state index contributed by atoms with van der Waals surface area (Å²) in [7, 11) is 0. The maximum absolute atomic E-state index is 11.6. The number of nitrogens with one attached hydrogen (secondary N) is 1. The zero-order valence-electron chi connectivity index (χ0n) is 12.7. The molecule has 0 fully saturated rings. The fourth-order valence-electron chi connectivity index (χ4n) is 1.88. The van der Waals surface area contributed by atoms with Gasteiger partial charge in [-0.3, -0.25) is 4.79 Å². The second kappa shape index (κ2) is 8.62. The second-order valence-electron chi connectivity index (χ2n) is 4.87. The topological polar surface area (TPSA) is 50.7 Å². The van der Waals surface area contributed by atoms with Gasteiger partial charge in [0.15, 0.2) is 6.61 Å². The molecule has 1 N–H and O–H groups in total. The fourth-order valence-corrected chi connectivity index (χ4v) is 1.88. The van der Waals surface area contributed by atoms with Gasteiger partial charge in [0.1, 0.15) is 0 Å². The molecule has 2 aromatic rings. The van der Waals surface area contributed by atoms with Crippen molar-refractivity contribution < 1.29 is 9.63 Å². The van der Waals surface area contributed by atoms with E-state index in [0.29, 0.717) is 6.54 Å². The molecule has 0 aliphatic rings. The lowest BCUT2D eigenvalue weighted by Gasteiger charge is -2.04. The quantitative estimate of drug-likeness (QED) is 0.631. The van der Waals surface area contributed by atoms with Crippen molar-refractivity contribution in [2.75, 3.05) is 6.61 Å². The summed E-state index contributed by atoms with van der Waals surface area (Å²) in [6.45, 7) is 2.52. The van der Waals surface area contributed by atoms with Gasteiger partial charge in [0.2, 0.25) is 0 Å². The monoisotopic (exact) mass is 296 g/mol. The summed E-state index contributed by atoms with van der Waals surface area (Å²) in [5, 5.41) is 6.58. The third-order valence-corrected chi connectivity index (χ3v) is 3.19. The molecule has 0 spiro atoms. The Bertz CT molecular complexity index is 607. The van der Waals surface area contributed by atoms with Crippen LogP contribution in [0.3, 0.4) is 0 Å². The van der Waals surface area contributed by atoms with E-state index in [9.17, 15) is 4.79 Å². The standard InChI is InChI=1S/C18H20N2O2/c1-2-15-8-10-17(11-9-15)13-20-22-14-18(21)19-12-16-6-4-3-5-7-16/h3-11,13H,2,12,14H2,1H3,(H,19,21)/b20-13-. The van der Waals surface area contributed by atoms with Crippen LogP contribution in [0.1, 0.15) is 23.6 Å². The van der Waals surface area contributed by atoms with Crippen molar-refractivity contribution in [1.29, 1.82) is 0 Å². The van der Waals surface area contributed by atoms with Crippen LogP contribution in [-0.4, -0.2) is 18.7 Å². The van der Waals surface area contributed by atoms with Gasteiger partial charge in [-0.05, 0) is 23.1 Å². The predicted octanol–water partition coefficient (Wildman–Crippen LogP) is 2.92. The van der Waals surface area contributed by atoms with Crippen LogP contribution in [0.15, 0.2) is 59.8 Å². The Morgan fingerprint density at radius 2 is 1.82 bits per heavy atom. The van der Waals surface area contributed by atoms with Crippen LogP contribution in [0.25, 0.3) is 0 Å². The molecular formula is C18H20N2O2. The number of benzene rings is 2. The summed E-state index contributed by atoms with van der Waals surface area (Å²) in [4.78, 5) is 16.6. The molecule has 1 amide bonds. The van der Waals surface area contributed by atoms with Crippen LogP contribution in [0, 0.1) is 0 Å². The predicted molar refractivity (Wildman–Crippen MR) is 87.7 cm³/mol. The lowest BCUT2D eigenvalue weighted by Crippen LogP contribution is -2.26. The lowest BCUT2D eigenvalue weighted by molar-refractivity contribution is -0.125. The molecule has 2 rings (SSSR count). The Labute approximate surface area is 130 Å². The van der Waals surface area contributed by atoms with Crippen molar-refractivity contribution in [2.45, 2.75) is 19.9 Å². The zero-order valence-corrected chi connectivity index (χ0v) is 12.7. The number of oxime groups is 1. The van der Waals surface area contributed by atoms with Crippen LogP contribution in [0.2, 0.25) is 0 Å². The molecule has 0 atom stereocenters. The third-order valence-electron chi connectivity index (χ3n) is 3.19. The summed E-state index contributed by atoms with van der Waals surface area (Å²) >= 11 is 0. The Morgan fingerprint density at radius 1 is 1.09 bits per heavy atom. The molecule has 0 unspecified atom stereocenters. The molecule has 0 heterocycles. The van der Waals surface area contributed by atoms with E-state index in [0.717, 1.165) is 17.5 Å². The van der Waals surface area contributed by atoms with Gasteiger partial charge in [-0.25, -0.2) is 0 Å². The molecule has 22 heavy (non-hydrogen) atoms. The molecule has 0 aliphatic carbocycles. The smallest absolute Gasteiger partial charge is 0.261 e. The van der Waals surface area contributed by atoms with E-state index in [1.807, 2.05) is 54.6 Å². The Hall–Kier alpha value is -2.62. The molecule has 0 saturated heterocycles. The number of carbonyl (C=O) groups is 1. The van der Waals surface area contributed by atoms with Gasteiger partial charge in [0, 0.05) is 6.54 Å². The molecule has 4 heteroatoms. The van der Waals surface area contributed by atoms with Crippen molar-refractivity contribution in [2.24, 2.45) is 5.16 Å². The first-order valence-electron chi connectivity index (χ1n) is 7.33. The van der Waals surface area contributed by atoms with E-state index < -0.39 is 0 Å². The van der Waals surface area contributed by atoms with Gasteiger partial charge >= 0.3 is 0 Å². The minimum absolute atomic E-state index is 0.0869. The fraction of sp³-hybridized carbons (Fsp3) is 0.222. The number of rotatable bonds is 7. The minimum atomic E-state index is -0.192. The molecule has 0 bridgehead atoms. The Kier molecular flexibility index (Phi) is 6.18. The summed E-state index contributed by atoms with van der Waals surface area (Å²) in [5.74, 6) is -0.192. The molecule has 114 valence electrons. The largest absolute Gasteiger partial charge is 0.386 e. The van der Waals surface area contributed by atoms with Gasteiger partial charge in [-0.2, -0.15) is 0 Å². The molecule has 4 nitrogen and oxygen atoms in total. The average Bonchev–Trinajstić information content (AvgIpc) is 2.58. The van der Waals surface area contributed by atoms with Crippen molar-refractivity contribution in [3.05, 3.63) is 71.3 Å². The van der Waals surface area contributed by atoms with Crippen molar-refractivity contribution in [3.8, 4) is 0 Å². The first-order valence-corrected chi connectivity index (χ1v) is 7.33. The Morgan fingerprint density at radius 3 is 2.50 bits per heavy atom. The van der Waals surface area contributed by atoms with Gasteiger partial charge in [0.05, 0.1) is 6.21 Å². The molecule has 0 saturated carbocycles. The first-order chi connectivity index (χ1) is 10.8. The maximum Gasteiger partial charge on any atom is 0.261 e. The van der Waals surface area contributed by atoms with Crippen molar-refractivity contribution >= 4 is 12.1 Å². The normalized spacial score (nSPS) is 10.6. The molecule has 0 radical (unpaired) electrons. The summed E-state index contributed by atoms with van der Waals surface area (Å²) in [6.07, 6.45) is 2.61. The average molecular weight is 296 g/mol. The van der Waals surface area contributed by atoms with E-state index in [1.54, 1.807) is 6.21 Å². The van der Waals surface area contributed by atoms with Gasteiger partial charge in [-0.1, -0.05) is 66.7 Å². The molecule has 2 aromatic carbocycles. The van der Waals surface area contributed by atoms with Crippen molar-refractivity contribution in [3.63, 3.8) is 0 Å². The SMILES string of the molecule is CCc1ccc(/C=N\OCC(=O)NCc2ccccc2)cc1. The van der Waals surface area contributed by atoms with Crippen LogP contribution in [-0.2, 0) is 22.6 Å². The molecule has 0 aromatic heterocycles. The highest BCUT2D eigenvalue weighted by Gasteiger charge is 2.00. The van der Waals surface area contributed by atoms with Crippen LogP contribution in [0.4, 0.5) is 0 Å². The van der Waals surface area contributed by atoms with Gasteiger partial charge < -0.3 is 10.2 Å². The molecular weight excluding hydrogens is 276 g/mol. The number of aryl methyl sites for hydroxylation is 1. The summed E-state index contributed by atoms with van der Waals surface area (Å²) in [5.41, 5.74) is 3.27. The van der Waals surface area contributed by atoms with E-state index >= 15 is 0 Å². The highest BCUT2D eigenvalue weighted by atomic mass is 16.6. The number of nitrogens with zero attached hydrogens (tertiary/aromatic N) is 1. The minimum Gasteiger partial charge on any atom is -0.386 e.